The number of rotatable bonds is 5. The fourth-order valence-corrected chi connectivity index (χ4v) is 5.48. The minimum atomic E-state index is -0.808. The molecule has 2 aliphatic heterocycles. The van der Waals surface area contributed by atoms with Gasteiger partial charge in [0.1, 0.15) is 11.6 Å². The minimum Gasteiger partial charge on any atom is -0.465 e. The molecule has 1 amide bonds. The summed E-state index contributed by atoms with van der Waals surface area (Å²) >= 11 is 1.37. The minimum absolute atomic E-state index is 0.0454. The van der Waals surface area contributed by atoms with Crippen LogP contribution in [0, 0.1) is 0 Å². The standard InChI is InChI=1S/C21H24N6O3S/c28-11-15-10-23-20(31-15)26-18-9-17-16(5-2-6-22-17)19(25-18)24-12-7-13-3-1-4-14(8-12)27(13)21(29)30/h2,5-6,9-10,12-14,28H,1,3-4,7-8,11H2,(H,29,30)(H2,23,24,25,26). The van der Waals surface area contributed by atoms with E-state index in [0.29, 0.717) is 10.9 Å². The summed E-state index contributed by atoms with van der Waals surface area (Å²) in [4.78, 5) is 27.7. The van der Waals surface area contributed by atoms with E-state index in [9.17, 15) is 15.0 Å². The highest BCUT2D eigenvalue weighted by molar-refractivity contribution is 7.15. The Balaban J connectivity index is 1.42. The first-order valence-corrected chi connectivity index (χ1v) is 11.3. The lowest BCUT2D eigenvalue weighted by molar-refractivity contribution is 0.0385. The fraction of sp³-hybridized carbons (Fsp3) is 0.429. The molecule has 2 fully saturated rings. The predicted molar refractivity (Wildman–Crippen MR) is 119 cm³/mol. The summed E-state index contributed by atoms with van der Waals surface area (Å²) in [6.45, 7) is -0.0454. The van der Waals surface area contributed by atoms with E-state index in [1.54, 1.807) is 17.3 Å². The van der Waals surface area contributed by atoms with Crippen molar-refractivity contribution in [2.75, 3.05) is 10.6 Å². The van der Waals surface area contributed by atoms with Gasteiger partial charge in [-0.3, -0.25) is 4.98 Å². The van der Waals surface area contributed by atoms with E-state index in [4.69, 9.17) is 4.98 Å². The van der Waals surface area contributed by atoms with Gasteiger partial charge in [-0.2, -0.15) is 0 Å². The molecule has 5 rings (SSSR count). The van der Waals surface area contributed by atoms with E-state index in [1.807, 2.05) is 18.2 Å². The largest absolute Gasteiger partial charge is 0.465 e. The topological polar surface area (TPSA) is 124 Å². The van der Waals surface area contributed by atoms with Crippen LogP contribution in [0.1, 0.15) is 37.0 Å². The first-order chi connectivity index (χ1) is 15.1. The third kappa shape index (κ3) is 4.00. The summed E-state index contributed by atoms with van der Waals surface area (Å²) < 4.78 is 0. The number of anilines is 3. The molecule has 0 radical (unpaired) electrons. The van der Waals surface area contributed by atoms with E-state index in [-0.39, 0.29) is 24.7 Å². The van der Waals surface area contributed by atoms with Crippen LogP contribution in [-0.4, -0.2) is 54.3 Å². The molecular formula is C21H24N6O3S. The van der Waals surface area contributed by atoms with Gasteiger partial charge in [-0.1, -0.05) is 11.3 Å². The number of amides is 1. The molecule has 2 bridgehead atoms. The highest BCUT2D eigenvalue weighted by atomic mass is 32.1. The molecule has 2 atom stereocenters. The predicted octanol–water partition coefficient (Wildman–Crippen LogP) is 3.80. The molecule has 2 saturated heterocycles. The average molecular weight is 441 g/mol. The summed E-state index contributed by atoms with van der Waals surface area (Å²) in [5.74, 6) is 1.36. The van der Waals surface area contributed by atoms with Crippen LogP contribution in [0.4, 0.5) is 21.6 Å². The SMILES string of the molecule is O=C(O)N1C2CCCC1CC(Nc1nc(Nc3ncc(CO)s3)cc3ncccc13)C2. The van der Waals surface area contributed by atoms with Crippen LogP contribution in [-0.2, 0) is 6.61 Å². The molecule has 3 aromatic rings. The molecule has 0 aliphatic carbocycles. The normalized spacial score (nSPS) is 23.0. The molecule has 0 saturated carbocycles. The number of nitrogens with one attached hydrogen (secondary N) is 2. The summed E-state index contributed by atoms with van der Waals surface area (Å²) in [7, 11) is 0. The third-order valence-corrected chi connectivity index (χ3v) is 6.98. The summed E-state index contributed by atoms with van der Waals surface area (Å²) in [5, 5.41) is 27.3. The van der Waals surface area contributed by atoms with Gasteiger partial charge >= 0.3 is 6.09 Å². The Morgan fingerprint density at radius 3 is 2.77 bits per heavy atom. The van der Waals surface area contributed by atoms with Crippen LogP contribution in [0.5, 0.6) is 0 Å². The van der Waals surface area contributed by atoms with Gasteiger partial charge in [-0.05, 0) is 44.2 Å². The number of carbonyl (C=O) groups is 1. The average Bonchev–Trinajstić information content (AvgIpc) is 3.20. The lowest BCUT2D eigenvalue weighted by Crippen LogP contribution is -2.56. The fourth-order valence-electron chi connectivity index (χ4n) is 4.80. The van der Waals surface area contributed by atoms with Crippen molar-refractivity contribution in [1.29, 1.82) is 0 Å². The van der Waals surface area contributed by atoms with Gasteiger partial charge < -0.3 is 25.7 Å². The van der Waals surface area contributed by atoms with Crippen LogP contribution in [0.2, 0.25) is 0 Å². The second kappa shape index (κ2) is 8.27. The van der Waals surface area contributed by atoms with E-state index >= 15 is 0 Å². The first-order valence-electron chi connectivity index (χ1n) is 10.5. The summed E-state index contributed by atoms with van der Waals surface area (Å²) in [6.07, 6.45) is 7.04. The number of hydrogen-bond donors (Lipinski definition) is 4. The van der Waals surface area contributed by atoms with Crippen LogP contribution in [0.25, 0.3) is 10.9 Å². The molecule has 162 valence electrons. The van der Waals surface area contributed by atoms with Crippen molar-refractivity contribution in [1.82, 2.24) is 19.9 Å². The van der Waals surface area contributed by atoms with E-state index < -0.39 is 6.09 Å². The Hall–Kier alpha value is -2.98. The number of fused-ring (bicyclic) bond motifs is 3. The van der Waals surface area contributed by atoms with Crippen molar-refractivity contribution in [3.05, 3.63) is 35.5 Å². The molecule has 3 aromatic heterocycles. The van der Waals surface area contributed by atoms with Gasteiger partial charge in [-0.15, -0.1) is 0 Å². The zero-order valence-corrected chi connectivity index (χ0v) is 17.7. The number of hydrogen-bond acceptors (Lipinski definition) is 8. The van der Waals surface area contributed by atoms with Crippen LogP contribution in [0.15, 0.2) is 30.6 Å². The molecule has 31 heavy (non-hydrogen) atoms. The summed E-state index contributed by atoms with van der Waals surface area (Å²) in [5.41, 5.74) is 0.810. The number of nitrogens with zero attached hydrogens (tertiary/aromatic N) is 4. The molecule has 2 unspecified atom stereocenters. The van der Waals surface area contributed by atoms with Crippen molar-refractivity contribution >= 4 is 45.1 Å². The molecule has 5 heterocycles. The molecular weight excluding hydrogens is 416 g/mol. The Bertz CT molecular complexity index is 1090. The van der Waals surface area contributed by atoms with Crippen molar-refractivity contribution in [2.24, 2.45) is 0 Å². The molecule has 4 N–H and O–H groups in total. The first kappa shape index (κ1) is 20.0. The Kier molecular flexibility index (Phi) is 5.33. The van der Waals surface area contributed by atoms with Gasteiger partial charge in [0.2, 0.25) is 0 Å². The van der Waals surface area contributed by atoms with Gasteiger partial charge in [-0.25, -0.2) is 14.8 Å². The maximum absolute atomic E-state index is 11.7. The molecule has 9 nitrogen and oxygen atoms in total. The molecule has 2 aliphatic rings. The number of aromatic nitrogens is 3. The van der Waals surface area contributed by atoms with Crippen LogP contribution in [0.3, 0.4) is 0 Å². The number of aliphatic hydroxyl groups excluding tert-OH is 1. The van der Waals surface area contributed by atoms with Crippen molar-refractivity contribution in [3.8, 4) is 0 Å². The molecule has 0 aromatic carbocycles. The highest BCUT2D eigenvalue weighted by Crippen LogP contribution is 2.36. The van der Waals surface area contributed by atoms with Crippen molar-refractivity contribution < 1.29 is 15.0 Å². The number of piperidine rings is 2. The number of aliphatic hydroxyl groups is 1. The monoisotopic (exact) mass is 440 g/mol. The quantitative estimate of drug-likeness (QED) is 0.472. The Morgan fingerprint density at radius 2 is 2.06 bits per heavy atom. The van der Waals surface area contributed by atoms with Crippen molar-refractivity contribution in [2.45, 2.75) is 56.8 Å². The smallest absolute Gasteiger partial charge is 0.407 e. The number of pyridine rings is 2. The van der Waals surface area contributed by atoms with E-state index in [1.165, 1.54) is 11.3 Å². The third-order valence-electron chi connectivity index (χ3n) is 6.08. The zero-order valence-electron chi connectivity index (χ0n) is 16.9. The van der Waals surface area contributed by atoms with Gasteiger partial charge in [0, 0.05) is 42.0 Å². The van der Waals surface area contributed by atoms with Gasteiger partial charge in [0.05, 0.1) is 17.0 Å². The van der Waals surface area contributed by atoms with Crippen LogP contribution >= 0.6 is 11.3 Å². The van der Waals surface area contributed by atoms with Gasteiger partial charge in [0.15, 0.2) is 5.13 Å². The molecule has 0 spiro atoms. The highest BCUT2D eigenvalue weighted by Gasteiger charge is 2.41. The lowest BCUT2D eigenvalue weighted by Gasteiger charge is -2.47. The molecule has 10 heteroatoms. The maximum atomic E-state index is 11.7. The lowest BCUT2D eigenvalue weighted by atomic mass is 9.82. The number of carboxylic acid groups (broad SMARTS) is 1. The summed E-state index contributed by atoms with van der Waals surface area (Å²) in [6, 6.07) is 6.02. The van der Waals surface area contributed by atoms with E-state index in [0.717, 1.165) is 53.7 Å². The van der Waals surface area contributed by atoms with Crippen LogP contribution < -0.4 is 10.6 Å². The Morgan fingerprint density at radius 1 is 1.26 bits per heavy atom. The maximum Gasteiger partial charge on any atom is 0.407 e. The number of thiazole rings is 1. The zero-order chi connectivity index (χ0) is 21.4. The van der Waals surface area contributed by atoms with Gasteiger partial charge in [0.25, 0.3) is 0 Å². The Labute approximate surface area is 183 Å². The van der Waals surface area contributed by atoms with E-state index in [2.05, 4.69) is 20.6 Å². The van der Waals surface area contributed by atoms with Crippen molar-refractivity contribution in [3.63, 3.8) is 0 Å². The second-order valence-corrected chi connectivity index (χ2v) is 9.20. The second-order valence-electron chi connectivity index (χ2n) is 8.08.